The summed E-state index contributed by atoms with van der Waals surface area (Å²) >= 11 is 0. The molecule has 9 aliphatic rings. The van der Waals surface area contributed by atoms with Crippen LogP contribution in [0.1, 0.15) is 168 Å². The van der Waals surface area contributed by atoms with E-state index in [-0.39, 0.29) is 37.6 Å². The van der Waals surface area contributed by atoms with Gasteiger partial charge >= 0.3 is 11.9 Å². The molecule has 0 radical (unpaired) electrons. The highest BCUT2D eigenvalue weighted by Crippen LogP contribution is 2.36. The van der Waals surface area contributed by atoms with Crippen LogP contribution in [0, 0.1) is 0 Å². The second-order valence-electron chi connectivity index (χ2n) is 35.2. The number of aromatic carboxylic acids is 2. The van der Waals surface area contributed by atoms with Crippen molar-refractivity contribution < 1.29 is 131 Å². The number of carbonyl (C=O) groups is 2. The number of ether oxygens (including phenoxy) is 20. The van der Waals surface area contributed by atoms with Crippen LogP contribution >= 0.6 is 0 Å². The molecule has 19 rings (SSSR count). The molecule has 2 N–H and O–H groups in total. The summed E-state index contributed by atoms with van der Waals surface area (Å²) in [6, 6.07) is 65.3. The molecule has 0 spiro atoms. The third kappa shape index (κ3) is 45.6. The molecule has 12 bridgehead atoms. The van der Waals surface area contributed by atoms with E-state index in [0.29, 0.717) is 231 Å². The zero-order valence-corrected chi connectivity index (χ0v) is 85.3. The predicted octanol–water partition coefficient (Wildman–Crippen LogP) is 19.3. The van der Waals surface area contributed by atoms with Crippen LogP contribution in [0.15, 0.2) is 206 Å². The number of rotatable bonds is 4. The summed E-state index contributed by atoms with van der Waals surface area (Å²) in [5.74, 6) is 2.00. The van der Waals surface area contributed by atoms with Crippen LogP contribution in [0.2, 0.25) is 0 Å². The first kappa shape index (κ1) is 114. The zero-order valence-electron chi connectivity index (χ0n) is 83.6. The summed E-state index contributed by atoms with van der Waals surface area (Å²) in [5, 5.41) is 23.0. The van der Waals surface area contributed by atoms with E-state index in [9.17, 15) is 36.6 Å². The van der Waals surface area contributed by atoms with Gasteiger partial charge < -0.3 is 105 Å². The molecule has 0 aliphatic carbocycles. The number of benzene rings is 10. The van der Waals surface area contributed by atoms with Crippen molar-refractivity contribution in [2.75, 3.05) is 198 Å². The molecule has 0 fully saturated rings. The minimum Gasteiger partial charge on any atom is -0.491 e. The predicted molar refractivity (Wildman–Crippen MR) is 552 cm³/mol. The van der Waals surface area contributed by atoms with Crippen LogP contribution in [-0.4, -0.2) is 245 Å². The van der Waals surface area contributed by atoms with Gasteiger partial charge in [0.1, 0.15) is 75.9 Å². The van der Waals surface area contributed by atoms with Gasteiger partial charge in [-0.1, -0.05) is 223 Å². The molecule has 0 amide bonds. The Morgan fingerprint density at radius 3 is 0.590 bits per heavy atom. The highest BCUT2D eigenvalue weighted by molar-refractivity contribution is 7.88. The van der Waals surface area contributed by atoms with E-state index in [0.717, 1.165) is 144 Å². The molecule has 0 unspecified atom stereocenters. The van der Waals surface area contributed by atoms with Crippen LogP contribution in [0.4, 0.5) is 0 Å². The van der Waals surface area contributed by atoms with Gasteiger partial charge in [0.15, 0.2) is 23.0 Å². The molecule has 9 heterocycles. The molecule has 0 atom stereocenters. The minimum atomic E-state index is -3.41. The quantitative estimate of drug-likeness (QED) is 0.165. The van der Waals surface area contributed by atoms with Gasteiger partial charge in [0.05, 0.1) is 156 Å². The van der Waals surface area contributed by atoms with Gasteiger partial charge in [-0.2, -0.15) is 8.61 Å². The lowest BCUT2D eigenvalue weighted by Gasteiger charge is -2.20. The number of hydrogen-bond acceptors (Lipinski definition) is 26. The first-order valence-electron chi connectivity index (χ1n) is 50.4. The fraction of sp³-hybridized carbons (Fsp3) is 0.482. The maximum Gasteiger partial charge on any atom is 0.335 e. The molecule has 10 aromatic rings. The Labute approximate surface area is 849 Å². The van der Waals surface area contributed by atoms with E-state index < -0.39 is 32.0 Å². The van der Waals surface area contributed by atoms with Crippen LogP contribution in [0.5, 0.6) is 46.0 Å². The Kier molecular flexibility index (Phi) is 52.5. The second kappa shape index (κ2) is 66.5. The van der Waals surface area contributed by atoms with Crippen LogP contribution in [-0.2, 0) is 129 Å². The molecule has 10 aromatic carbocycles. The van der Waals surface area contributed by atoms with E-state index in [1.54, 1.807) is 12.1 Å². The monoisotopic (exact) mass is 2030 g/mol. The van der Waals surface area contributed by atoms with Crippen LogP contribution in [0.3, 0.4) is 0 Å². The Morgan fingerprint density at radius 2 is 0.396 bits per heavy atom. The third-order valence-electron chi connectivity index (χ3n) is 23.5. The molecule has 0 saturated carbocycles. The second-order valence-corrected chi connectivity index (χ2v) is 39.1. The molecule has 784 valence electrons. The molecule has 30 nitrogen and oxygen atoms in total. The molecular weight excluding hydrogens is 1890 g/mol. The van der Waals surface area contributed by atoms with E-state index in [4.69, 9.17) is 94.7 Å². The lowest BCUT2D eigenvalue weighted by atomic mass is 10.1. The average Bonchev–Trinajstić information content (AvgIpc) is 0.814. The molecule has 0 aromatic heterocycles. The summed E-state index contributed by atoms with van der Waals surface area (Å²) in [6.07, 6.45) is 21.2. The first-order valence-corrected chi connectivity index (χ1v) is 54.1. The standard InChI is InChI=1S/C54H78N2O8S2.2C29H34O10/c1-65(57,58)55-39-47-19-27-51(28-20-47)43-61-35-15-11-7-3-5-9-13-17-37-63-45-53-31-23-49(24-32-53)41-56(66(2,59)60)42-50-25-33-54(34-26-50)46-64-38-18-14-10-6-4-8-12-16-36-62-44-52-29-21-48(40-55)22-30-52;2*30-29(31)24-17-25-21-26(18-24)37-14-10-33-6-8-35-12-16-39-28-20-23-4-2-1-3-22(23)19-27(28)38-15-11-34-7-5-32-9-13-36-25/h19-34H,3-18,35-46H2,1-2H3;2*1-4,17-21H,5-16H2,(H,30,31). The van der Waals surface area contributed by atoms with Crippen molar-refractivity contribution in [3.63, 3.8) is 0 Å². The number of carboxylic acids is 2. The molecule has 9 aliphatic heterocycles. The van der Waals surface area contributed by atoms with Crippen molar-refractivity contribution >= 4 is 53.5 Å². The normalized spacial score (nSPS) is 18.0. The maximum atomic E-state index is 12.8. The van der Waals surface area contributed by atoms with E-state index >= 15 is 0 Å². The molecule has 32 heteroatoms. The fourth-order valence-electron chi connectivity index (χ4n) is 15.6. The number of nitrogens with zero attached hydrogens (tertiary/aromatic N) is 2. The summed E-state index contributed by atoms with van der Waals surface area (Å²) in [5.41, 5.74) is 8.28. The van der Waals surface area contributed by atoms with Gasteiger partial charge in [0, 0.05) is 64.7 Å². The number of fused-ring (bicyclic) bond motifs is 8. The van der Waals surface area contributed by atoms with Crippen LogP contribution < -0.4 is 37.9 Å². The first-order chi connectivity index (χ1) is 70.4. The van der Waals surface area contributed by atoms with Crippen molar-refractivity contribution in [2.24, 2.45) is 0 Å². The highest BCUT2D eigenvalue weighted by Gasteiger charge is 2.22. The third-order valence-corrected chi connectivity index (χ3v) is 25.9. The summed E-state index contributed by atoms with van der Waals surface area (Å²) in [6.45, 7) is 14.8. The Hall–Kier alpha value is -10.6. The van der Waals surface area contributed by atoms with Gasteiger partial charge in [-0.3, -0.25) is 0 Å². The van der Waals surface area contributed by atoms with Crippen molar-refractivity contribution in [1.29, 1.82) is 0 Å². The smallest absolute Gasteiger partial charge is 0.335 e. The van der Waals surface area contributed by atoms with E-state index in [2.05, 4.69) is 0 Å². The van der Waals surface area contributed by atoms with Gasteiger partial charge in [-0.25, -0.2) is 26.4 Å². The molecule has 144 heavy (non-hydrogen) atoms. The number of sulfonamides is 2. The lowest BCUT2D eigenvalue weighted by molar-refractivity contribution is 0.0254. The van der Waals surface area contributed by atoms with Crippen molar-refractivity contribution in [3.05, 3.63) is 262 Å². The van der Waals surface area contributed by atoms with Crippen molar-refractivity contribution in [2.45, 2.75) is 155 Å². The topological polar surface area (TPSA) is 334 Å². The Morgan fingerprint density at radius 1 is 0.215 bits per heavy atom. The SMILES string of the molecule is CS(=O)(=O)N1Cc2ccc(cc2)COCCCCCCCCCCOCc2ccc(cc2)CN(S(C)(=O)=O)Cc2ccc(cc2)COCCCCCCCCCCOCc2ccc(cc2)C1.O=C(O)c1cc2cc(c1)OCCOCCOCCOc1cc3ccccc3cc1OCCOCCOCCO2.O=C(O)c1cc2cc(c1)OCCOCCOCCOc1cc3ccccc3cc1OCCOCCOCCO2. The van der Waals surface area contributed by atoms with Gasteiger partial charge in [-0.05, 0) is 140 Å². The molecule has 0 saturated heterocycles. The van der Waals surface area contributed by atoms with Crippen LogP contribution in [0.25, 0.3) is 21.5 Å². The number of carboxylic acid groups (broad SMARTS) is 2. The van der Waals surface area contributed by atoms with Gasteiger partial charge in [0.2, 0.25) is 20.0 Å². The van der Waals surface area contributed by atoms with Crippen molar-refractivity contribution in [3.8, 4) is 46.0 Å². The van der Waals surface area contributed by atoms with E-state index in [1.165, 1.54) is 96.8 Å². The summed E-state index contributed by atoms with van der Waals surface area (Å²) in [7, 11) is -6.83. The Balaban J connectivity index is 0.000000218. The maximum absolute atomic E-state index is 12.8. The van der Waals surface area contributed by atoms with Crippen molar-refractivity contribution in [1.82, 2.24) is 8.61 Å². The minimum absolute atomic E-state index is 0.0724. The summed E-state index contributed by atoms with van der Waals surface area (Å²) in [4.78, 5) is 22.9. The summed E-state index contributed by atoms with van der Waals surface area (Å²) < 4.78 is 169. The largest absolute Gasteiger partial charge is 0.491 e. The fourth-order valence-corrected chi connectivity index (χ4v) is 17.2. The van der Waals surface area contributed by atoms with E-state index in [1.807, 2.05) is 170 Å². The highest BCUT2D eigenvalue weighted by atomic mass is 32.2. The Bertz CT molecular complexity index is 4920. The zero-order chi connectivity index (χ0) is 101. The molecular formula is C112H146N2O28S2. The average molecular weight is 2030 g/mol. The number of hydrogen-bond donors (Lipinski definition) is 2. The lowest BCUT2D eigenvalue weighted by Crippen LogP contribution is -2.29. The van der Waals surface area contributed by atoms with Gasteiger partial charge in [-0.15, -0.1) is 0 Å². The van der Waals surface area contributed by atoms with Gasteiger partial charge in [0.25, 0.3) is 0 Å².